The predicted molar refractivity (Wildman–Crippen MR) is 75.4 cm³/mol. The summed E-state index contributed by atoms with van der Waals surface area (Å²) in [7, 11) is 2.09. The second kappa shape index (κ2) is 8.51. The molecule has 1 unspecified atom stereocenters. The summed E-state index contributed by atoms with van der Waals surface area (Å²) in [6, 6.07) is 0.582. The fourth-order valence-electron chi connectivity index (χ4n) is 2.66. The SMILES string of the molecule is CCOC(CCN(C)C1CCN(CC)CC1)C(=O)O. The second-order valence-electron chi connectivity index (χ2n) is 5.22. The van der Waals surface area contributed by atoms with Crippen molar-refractivity contribution >= 4 is 5.97 Å². The summed E-state index contributed by atoms with van der Waals surface area (Å²) in [6.45, 7) is 8.70. The molecule has 0 radical (unpaired) electrons. The third-order valence-corrected chi connectivity index (χ3v) is 4.01. The van der Waals surface area contributed by atoms with Gasteiger partial charge in [-0.15, -0.1) is 0 Å². The quantitative estimate of drug-likeness (QED) is 0.721. The largest absolute Gasteiger partial charge is 0.479 e. The Labute approximate surface area is 116 Å². The van der Waals surface area contributed by atoms with Gasteiger partial charge in [0.05, 0.1) is 0 Å². The number of likely N-dealkylation sites (tertiary alicyclic amines) is 1. The highest BCUT2D eigenvalue weighted by molar-refractivity contribution is 5.72. The number of hydrogen-bond acceptors (Lipinski definition) is 4. The van der Waals surface area contributed by atoms with Gasteiger partial charge in [-0.2, -0.15) is 0 Å². The van der Waals surface area contributed by atoms with Crippen LogP contribution in [0.5, 0.6) is 0 Å². The average Bonchev–Trinajstić information content (AvgIpc) is 2.42. The lowest BCUT2D eigenvalue weighted by Crippen LogP contribution is -2.44. The minimum Gasteiger partial charge on any atom is -0.479 e. The van der Waals surface area contributed by atoms with E-state index in [9.17, 15) is 4.79 Å². The molecule has 1 saturated heterocycles. The fraction of sp³-hybridized carbons (Fsp3) is 0.929. The average molecular weight is 272 g/mol. The molecule has 1 fully saturated rings. The summed E-state index contributed by atoms with van der Waals surface area (Å²) in [6.07, 6.45) is 2.25. The normalized spacial score (nSPS) is 19.8. The van der Waals surface area contributed by atoms with Crippen molar-refractivity contribution in [1.29, 1.82) is 0 Å². The summed E-state index contributed by atoms with van der Waals surface area (Å²) in [5.74, 6) is -0.851. The van der Waals surface area contributed by atoms with Crippen LogP contribution in [0.4, 0.5) is 0 Å². The third-order valence-electron chi connectivity index (χ3n) is 4.01. The van der Waals surface area contributed by atoms with Crippen molar-refractivity contribution in [2.45, 2.75) is 45.3 Å². The molecule has 1 heterocycles. The van der Waals surface area contributed by atoms with Crippen LogP contribution in [0.1, 0.15) is 33.1 Å². The summed E-state index contributed by atoms with van der Waals surface area (Å²) in [4.78, 5) is 15.8. The summed E-state index contributed by atoms with van der Waals surface area (Å²) in [5, 5.41) is 9.04. The van der Waals surface area contributed by atoms with Crippen LogP contribution in [0, 0.1) is 0 Å². The lowest BCUT2D eigenvalue weighted by atomic mass is 10.0. The Morgan fingerprint density at radius 2 is 2.05 bits per heavy atom. The number of hydrogen-bond donors (Lipinski definition) is 1. The minimum atomic E-state index is -0.851. The Kier molecular flexibility index (Phi) is 7.34. The van der Waals surface area contributed by atoms with Crippen LogP contribution in [0.2, 0.25) is 0 Å². The molecule has 0 saturated carbocycles. The second-order valence-corrected chi connectivity index (χ2v) is 5.22. The first kappa shape index (κ1) is 16.4. The van der Waals surface area contributed by atoms with E-state index in [1.807, 2.05) is 6.92 Å². The first-order chi connectivity index (χ1) is 9.08. The fourth-order valence-corrected chi connectivity index (χ4v) is 2.66. The monoisotopic (exact) mass is 272 g/mol. The van der Waals surface area contributed by atoms with E-state index in [1.165, 1.54) is 12.8 Å². The molecule has 19 heavy (non-hydrogen) atoms. The van der Waals surface area contributed by atoms with Crippen molar-refractivity contribution in [3.05, 3.63) is 0 Å². The van der Waals surface area contributed by atoms with Crippen molar-refractivity contribution < 1.29 is 14.6 Å². The Morgan fingerprint density at radius 1 is 1.42 bits per heavy atom. The molecule has 5 nitrogen and oxygen atoms in total. The highest BCUT2D eigenvalue weighted by Gasteiger charge is 2.23. The van der Waals surface area contributed by atoms with Gasteiger partial charge in [0.1, 0.15) is 0 Å². The van der Waals surface area contributed by atoms with Crippen LogP contribution in [0.25, 0.3) is 0 Å². The lowest BCUT2D eigenvalue weighted by Gasteiger charge is -2.36. The highest BCUT2D eigenvalue weighted by Crippen LogP contribution is 2.15. The molecule has 0 aromatic carbocycles. The van der Waals surface area contributed by atoms with Crippen LogP contribution >= 0.6 is 0 Å². The molecule has 0 amide bonds. The molecular formula is C14H28N2O3. The topological polar surface area (TPSA) is 53.0 Å². The van der Waals surface area contributed by atoms with Crippen molar-refractivity contribution in [2.75, 3.05) is 39.8 Å². The van der Waals surface area contributed by atoms with E-state index in [0.29, 0.717) is 19.1 Å². The van der Waals surface area contributed by atoms with E-state index in [-0.39, 0.29) is 0 Å². The molecule has 0 aliphatic carbocycles. The zero-order chi connectivity index (χ0) is 14.3. The van der Waals surface area contributed by atoms with Crippen LogP contribution in [-0.4, -0.2) is 72.9 Å². The molecule has 0 spiro atoms. The summed E-state index contributed by atoms with van der Waals surface area (Å²) < 4.78 is 5.24. The molecule has 1 rings (SSSR count). The number of aliphatic carboxylic acids is 1. The summed E-state index contributed by atoms with van der Waals surface area (Å²) in [5.41, 5.74) is 0. The molecule has 5 heteroatoms. The van der Waals surface area contributed by atoms with Crippen molar-refractivity contribution in [3.8, 4) is 0 Å². The maximum atomic E-state index is 11.0. The van der Waals surface area contributed by atoms with Gasteiger partial charge >= 0.3 is 5.97 Å². The first-order valence-corrected chi connectivity index (χ1v) is 7.35. The number of rotatable bonds is 8. The van der Waals surface area contributed by atoms with Crippen LogP contribution in [-0.2, 0) is 9.53 Å². The smallest absolute Gasteiger partial charge is 0.332 e. The van der Waals surface area contributed by atoms with Gasteiger partial charge in [-0.05, 0) is 52.9 Å². The van der Waals surface area contributed by atoms with E-state index >= 15 is 0 Å². The zero-order valence-electron chi connectivity index (χ0n) is 12.5. The van der Waals surface area contributed by atoms with Gasteiger partial charge in [0.25, 0.3) is 0 Å². The molecule has 112 valence electrons. The molecule has 0 aromatic heterocycles. The maximum Gasteiger partial charge on any atom is 0.332 e. The Hall–Kier alpha value is -0.650. The van der Waals surface area contributed by atoms with Crippen molar-refractivity contribution in [1.82, 2.24) is 9.80 Å². The lowest BCUT2D eigenvalue weighted by molar-refractivity contribution is -0.150. The third kappa shape index (κ3) is 5.47. The van der Waals surface area contributed by atoms with Crippen LogP contribution in [0.15, 0.2) is 0 Å². The standard InChI is InChI=1S/C14H28N2O3/c1-4-16-10-6-12(7-11-16)15(3)9-8-13(14(17)18)19-5-2/h12-13H,4-11H2,1-3H3,(H,17,18). The van der Waals surface area contributed by atoms with E-state index in [4.69, 9.17) is 9.84 Å². The van der Waals surface area contributed by atoms with Gasteiger partial charge in [-0.25, -0.2) is 4.79 Å². The van der Waals surface area contributed by atoms with E-state index in [0.717, 1.165) is 26.2 Å². The minimum absolute atomic E-state index is 0.454. The van der Waals surface area contributed by atoms with E-state index in [2.05, 4.69) is 23.8 Å². The molecular weight excluding hydrogens is 244 g/mol. The summed E-state index contributed by atoms with van der Waals surface area (Å²) >= 11 is 0. The van der Waals surface area contributed by atoms with Crippen LogP contribution < -0.4 is 0 Å². The number of carbonyl (C=O) groups is 1. The number of ether oxygens (including phenoxy) is 1. The van der Waals surface area contributed by atoms with Gasteiger partial charge in [0, 0.05) is 19.2 Å². The number of nitrogens with zero attached hydrogens (tertiary/aromatic N) is 2. The molecule has 0 aromatic rings. The van der Waals surface area contributed by atoms with Gasteiger partial charge in [0.15, 0.2) is 6.10 Å². The molecule has 1 aliphatic heterocycles. The Balaban J connectivity index is 2.30. The molecule has 1 N–H and O–H groups in total. The van der Waals surface area contributed by atoms with E-state index < -0.39 is 12.1 Å². The number of carboxylic acids is 1. The predicted octanol–water partition coefficient (Wildman–Crippen LogP) is 1.28. The highest BCUT2D eigenvalue weighted by atomic mass is 16.5. The first-order valence-electron chi connectivity index (χ1n) is 7.35. The van der Waals surface area contributed by atoms with Gasteiger partial charge in [-0.1, -0.05) is 6.92 Å². The Bertz CT molecular complexity index is 265. The van der Waals surface area contributed by atoms with Gasteiger partial charge < -0.3 is 19.6 Å². The number of piperidine rings is 1. The zero-order valence-corrected chi connectivity index (χ0v) is 12.5. The molecule has 1 atom stereocenters. The molecule has 0 bridgehead atoms. The van der Waals surface area contributed by atoms with Crippen molar-refractivity contribution in [3.63, 3.8) is 0 Å². The number of carboxylic acid groups (broad SMARTS) is 1. The van der Waals surface area contributed by atoms with Crippen LogP contribution in [0.3, 0.4) is 0 Å². The van der Waals surface area contributed by atoms with E-state index in [1.54, 1.807) is 0 Å². The molecule has 1 aliphatic rings. The van der Waals surface area contributed by atoms with Gasteiger partial charge in [-0.3, -0.25) is 0 Å². The Morgan fingerprint density at radius 3 is 2.53 bits per heavy atom. The van der Waals surface area contributed by atoms with Gasteiger partial charge in [0.2, 0.25) is 0 Å². The maximum absolute atomic E-state index is 11.0. The van der Waals surface area contributed by atoms with Crippen molar-refractivity contribution in [2.24, 2.45) is 0 Å².